The summed E-state index contributed by atoms with van der Waals surface area (Å²) >= 11 is 9.18. The van der Waals surface area contributed by atoms with E-state index < -0.39 is 0 Å². The third-order valence-electron chi connectivity index (χ3n) is 8.26. The van der Waals surface area contributed by atoms with Crippen molar-refractivity contribution in [2.45, 2.75) is 36.9 Å². The van der Waals surface area contributed by atoms with Gasteiger partial charge in [0.1, 0.15) is 11.6 Å². The fourth-order valence-electron chi connectivity index (χ4n) is 5.88. The lowest BCUT2D eigenvalue weighted by molar-refractivity contribution is 0.673. The molecule has 8 rings (SSSR count). The van der Waals surface area contributed by atoms with Crippen molar-refractivity contribution < 1.29 is 0 Å². The Hall–Kier alpha value is -3.47. The van der Waals surface area contributed by atoms with E-state index in [1.165, 1.54) is 18.6 Å². The van der Waals surface area contributed by atoms with Gasteiger partial charge >= 0.3 is 0 Å². The van der Waals surface area contributed by atoms with Crippen molar-refractivity contribution in [2.75, 3.05) is 30.3 Å². The van der Waals surface area contributed by atoms with Crippen molar-refractivity contribution in [3.8, 4) is 22.3 Å². The largest absolute Gasteiger partial charge is 0.383 e. The highest BCUT2D eigenvalue weighted by molar-refractivity contribution is 9.11. The molecular formula is C29H33Br2N13S. The van der Waals surface area contributed by atoms with Crippen molar-refractivity contribution in [3.05, 3.63) is 57.5 Å². The van der Waals surface area contributed by atoms with Crippen LogP contribution in [0.25, 0.3) is 33.5 Å². The van der Waals surface area contributed by atoms with Crippen LogP contribution in [-0.2, 0) is 14.1 Å². The van der Waals surface area contributed by atoms with E-state index in [0.717, 1.165) is 79.8 Å². The predicted octanol–water partition coefficient (Wildman–Crippen LogP) is 4.98. The highest BCUT2D eigenvalue weighted by Gasteiger charge is 2.26. The standard InChI is InChI=1S/C15H17BrN6S.C14H16BrN7/c1-21-8-9(6-18-21)10-7-19-22-14(17)12(16)13(20-15(10)22)11-4-2-3-5-23-11;1-21-7-9(5-18-21)10-6-19-22-13(16)11(15)12(20-14(10)22)8-2-3-17-4-8/h6-8,11H,2-5,17H2,1H3;5-8,17H,2-4,16H2,1H3. The smallest absolute Gasteiger partial charge is 0.165 e. The number of halogens is 2. The lowest BCUT2D eigenvalue weighted by Crippen LogP contribution is -2.12. The summed E-state index contributed by atoms with van der Waals surface area (Å²) in [5, 5.41) is 21.0. The van der Waals surface area contributed by atoms with Gasteiger partial charge < -0.3 is 16.8 Å². The first-order valence-corrected chi connectivity index (χ1v) is 17.4. The zero-order chi connectivity index (χ0) is 31.2. The summed E-state index contributed by atoms with van der Waals surface area (Å²) in [5.41, 5.74) is 20.0. The Bertz CT molecular complexity index is 2000. The molecule has 13 nitrogen and oxygen atoms in total. The van der Waals surface area contributed by atoms with Gasteiger partial charge in [0.15, 0.2) is 11.3 Å². The second-order valence-electron chi connectivity index (χ2n) is 11.3. The minimum absolute atomic E-state index is 0.373. The van der Waals surface area contributed by atoms with E-state index >= 15 is 0 Å². The maximum atomic E-state index is 6.31. The zero-order valence-corrected chi connectivity index (χ0v) is 28.8. The molecule has 0 bridgehead atoms. The first-order valence-electron chi connectivity index (χ1n) is 14.8. The molecule has 45 heavy (non-hydrogen) atoms. The Morgan fingerprint density at radius 1 is 0.778 bits per heavy atom. The Morgan fingerprint density at radius 2 is 1.36 bits per heavy atom. The number of rotatable bonds is 4. The van der Waals surface area contributed by atoms with E-state index in [1.807, 2.05) is 50.6 Å². The summed E-state index contributed by atoms with van der Waals surface area (Å²) in [5.74, 6) is 2.74. The molecular weight excluding hydrogens is 722 g/mol. The number of hydrogen-bond donors (Lipinski definition) is 3. The highest BCUT2D eigenvalue weighted by atomic mass is 79.9. The third-order valence-corrected chi connectivity index (χ3v) is 11.3. The minimum atomic E-state index is 0.373. The number of aryl methyl sites for hydroxylation is 2. The molecule has 16 heteroatoms. The zero-order valence-electron chi connectivity index (χ0n) is 24.9. The van der Waals surface area contributed by atoms with E-state index in [-0.39, 0.29) is 0 Å². The molecule has 2 atom stereocenters. The molecule has 2 aliphatic heterocycles. The van der Waals surface area contributed by atoms with Gasteiger partial charge in [-0.25, -0.2) is 9.97 Å². The molecule has 0 radical (unpaired) electrons. The van der Waals surface area contributed by atoms with Crippen LogP contribution in [0.4, 0.5) is 11.6 Å². The van der Waals surface area contributed by atoms with Crippen LogP contribution >= 0.6 is 43.6 Å². The van der Waals surface area contributed by atoms with Gasteiger partial charge in [0.05, 0.1) is 45.1 Å². The molecule has 6 aromatic rings. The van der Waals surface area contributed by atoms with Gasteiger partial charge in [0.25, 0.3) is 0 Å². The number of thioether (sulfide) groups is 1. The Balaban J connectivity index is 0.000000145. The van der Waals surface area contributed by atoms with Crippen LogP contribution in [0, 0.1) is 0 Å². The Morgan fingerprint density at radius 3 is 1.84 bits per heavy atom. The number of nitrogens with zero attached hydrogens (tertiary/aromatic N) is 10. The van der Waals surface area contributed by atoms with Crippen LogP contribution in [0.15, 0.2) is 46.1 Å². The van der Waals surface area contributed by atoms with Gasteiger partial charge in [-0.05, 0) is 63.4 Å². The lowest BCUT2D eigenvalue weighted by atomic mass is 10.0. The topological polar surface area (TPSA) is 160 Å². The summed E-state index contributed by atoms with van der Waals surface area (Å²) in [6, 6.07) is 0. The minimum Gasteiger partial charge on any atom is -0.383 e. The van der Waals surface area contributed by atoms with Gasteiger partial charge in [0, 0.05) is 66.5 Å². The first-order chi connectivity index (χ1) is 21.8. The molecule has 2 aliphatic rings. The van der Waals surface area contributed by atoms with E-state index in [4.69, 9.17) is 21.4 Å². The second kappa shape index (κ2) is 12.4. The van der Waals surface area contributed by atoms with Gasteiger partial charge in [-0.2, -0.15) is 41.2 Å². The van der Waals surface area contributed by atoms with Gasteiger partial charge in [-0.3, -0.25) is 9.36 Å². The lowest BCUT2D eigenvalue weighted by Gasteiger charge is -2.22. The molecule has 234 valence electrons. The number of anilines is 2. The summed E-state index contributed by atoms with van der Waals surface area (Å²) in [6.07, 6.45) is 15.9. The molecule has 0 amide bonds. The monoisotopic (exact) mass is 753 g/mol. The van der Waals surface area contributed by atoms with Gasteiger partial charge in [-0.1, -0.05) is 6.42 Å². The van der Waals surface area contributed by atoms with Crippen molar-refractivity contribution >= 4 is 66.6 Å². The molecule has 0 saturated carbocycles. The average Bonchev–Trinajstić information content (AvgIpc) is 3.88. The number of hydrogen-bond acceptors (Lipinski definition) is 10. The number of fused-ring (bicyclic) bond motifs is 2. The van der Waals surface area contributed by atoms with Crippen LogP contribution < -0.4 is 16.8 Å². The van der Waals surface area contributed by atoms with Crippen LogP contribution in [0.2, 0.25) is 0 Å². The van der Waals surface area contributed by atoms with Crippen LogP contribution in [-0.4, -0.2) is 67.6 Å². The molecule has 8 heterocycles. The van der Waals surface area contributed by atoms with Crippen molar-refractivity contribution in [2.24, 2.45) is 14.1 Å². The maximum absolute atomic E-state index is 6.31. The van der Waals surface area contributed by atoms with Crippen molar-refractivity contribution in [1.29, 1.82) is 0 Å². The van der Waals surface area contributed by atoms with E-state index in [1.54, 1.807) is 30.8 Å². The van der Waals surface area contributed by atoms with Crippen molar-refractivity contribution in [3.63, 3.8) is 0 Å². The van der Waals surface area contributed by atoms with Crippen molar-refractivity contribution in [1.82, 2.24) is 54.1 Å². The maximum Gasteiger partial charge on any atom is 0.165 e. The average molecular weight is 756 g/mol. The van der Waals surface area contributed by atoms with Gasteiger partial charge in [-0.15, -0.1) is 0 Å². The number of nitrogens with two attached hydrogens (primary N) is 2. The van der Waals surface area contributed by atoms with Crippen LogP contribution in [0.3, 0.4) is 0 Å². The summed E-state index contributed by atoms with van der Waals surface area (Å²) < 4.78 is 8.63. The molecule has 2 unspecified atom stereocenters. The summed E-state index contributed by atoms with van der Waals surface area (Å²) in [6.45, 7) is 1.94. The quantitative estimate of drug-likeness (QED) is 0.224. The molecule has 0 aliphatic carbocycles. The molecule has 0 spiro atoms. The molecule has 0 aromatic carbocycles. The van der Waals surface area contributed by atoms with E-state index in [0.29, 0.717) is 22.8 Å². The molecule has 6 aromatic heterocycles. The van der Waals surface area contributed by atoms with E-state index in [9.17, 15) is 0 Å². The molecule has 2 saturated heterocycles. The predicted molar refractivity (Wildman–Crippen MR) is 184 cm³/mol. The second-order valence-corrected chi connectivity index (χ2v) is 14.2. The van der Waals surface area contributed by atoms with E-state index in [2.05, 4.69) is 57.6 Å². The van der Waals surface area contributed by atoms with Crippen LogP contribution in [0.5, 0.6) is 0 Å². The SMILES string of the molecule is Cn1cc(-c2cnn3c(N)c(Br)c(C4CCCCS4)nc23)cn1.Cn1cc(-c2cnn3c(N)c(Br)c(C4CCNC4)nc23)cn1. The Kier molecular flexibility index (Phi) is 8.31. The third kappa shape index (κ3) is 5.61. The number of nitrogen functional groups attached to an aromatic ring is 2. The number of aromatic nitrogens is 10. The summed E-state index contributed by atoms with van der Waals surface area (Å²) in [7, 11) is 3.79. The first kappa shape index (κ1) is 30.2. The molecule has 2 fully saturated rings. The Labute approximate surface area is 280 Å². The normalized spacial score (nSPS) is 18.5. The van der Waals surface area contributed by atoms with Crippen LogP contribution in [0.1, 0.15) is 48.2 Å². The number of nitrogens with one attached hydrogen (secondary N) is 1. The molecule has 5 N–H and O–H groups in total. The highest BCUT2D eigenvalue weighted by Crippen LogP contribution is 2.42. The summed E-state index contributed by atoms with van der Waals surface area (Å²) in [4.78, 5) is 9.78. The fourth-order valence-corrected chi connectivity index (χ4v) is 8.46. The fraction of sp³-hybridized carbons (Fsp3) is 0.379. The van der Waals surface area contributed by atoms with Gasteiger partial charge in [0.2, 0.25) is 0 Å².